The maximum Gasteiger partial charge on any atom is 0.0985 e. The second-order valence-corrected chi connectivity index (χ2v) is 2.12. The van der Waals surface area contributed by atoms with Crippen molar-refractivity contribution in [1.82, 2.24) is 0 Å². The van der Waals surface area contributed by atoms with E-state index < -0.39 is 0 Å². The van der Waals surface area contributed by atoms with E-state index in [9.17, 15) is 0 Å². The predicted octanol–water partition coefficient (Wildman–Crippen LogP) is 0.215. The van der Waals surface area contributed by atoms with Crippen molar-refractivity contribution in [3.63, 3.8) is 0 Å². The standard InChI is InChI=1S/C2H7B2I/c1-3-4-2-5/h3-4H,2H2,1H3. The van der Waals surface area contributed by atoms with Crippen LogP contribution in [0, 0.1) is 0 Å². The Morgan fingerprint density at radius 3 is 2.40 bits per heavy atom. The molecule has 0 atom stereocenters. The Morgan fingerprint density at radius 2 is 2.40 bits per heavy atom. The van der Waals surface area contributed by atoms with Crippen molar-refractivity contribution in [3.05, 3.63) is 0 Å². The van der Waals surface area contributed by atoms with E-state index >= 15 is 0 Å². The van der Waals surface area contributed by atoms with E-state index in [1.165, 1.54) is 18.7 Å². The van der Waals surface area contributed by atoms with Gasteiger partial charge in [-0.2, -0.15) is 0 Å². The van der Waals surface area contributed by atoms with Crippen molar-refractivity contribution in [1.29, 1.82) is 0 Å². The molecule has 0 fully saturated rings. The van der Waals surface area contributed by atoms with Crippen molar-refractivity contribution >= 4 is 36.9 Å². The van der Waals surface area contributed by atoms with Crippen LogP contribution in [-0.4, -0.2) is 18.7 Å². The fourth-order valence-electron chi connectivity index (χ4n) is 0.134. The van der Waals surface area contributed by atoms with E-state index in [0.29, 0.717) is 0 Å². The molecule has 0 aliphatic rings. The highest BCUT2D eigenvalue weighted by Gasteiger charge is 1.77. The summed E-state index contributed by atoms with van der Waals surface area (Å²) in [6, 6.07) is 0. The lowest BCUT2D eigenvalue weighted by Gasteiger charge is -1.71. The minimum absolute atomic E-state index is 1.31. The fourth-order valence-corrected chi connectivity index (χ4v) is 0.896. The summed E-state index contributed by atoms with van der Waals surface area (Å²) in [6.07, 6.45) is 0. The average molecular weight is 180 g/mol. The first kappa shape index (κ1) is 5.86. The van der Waals surface area contributed by atoms with Crippen LogP contribution < -0.4 is 0 Å². The topological polar surface area (TPSA) is 0 Å². The zero-order chi connectivity index (χ0) is 4.12. The summed E-state index contributed by atoms with van der Waals surface area (Å²) in [5.41, 5.74) is 0. The average Bonchev–Trinajstić information content (AvgIpc) is 1.41. The lowest BCUT2D eigenvalue weighted by atomic mass is 9.43. The van der Waals surface area contributed by atoms with Gasteiger partial charge in [-0.25, -0.2) is 0 Å². The number of alkyl halides is 1. The summed E-state index contributed by atoms with van der Waals surface area (Å²) in [5, 5.41) is 0. The first-order chi connectivity index (χ1) is 2.41. The van der Waals surface area contributed by atoms with Crippen LogP contribution in [0.25, 0.3) is 0 Å². The maximum absolute atomic E-state index is 2.39. The summed E-state index contributed by atoms with van der Waals surface area (Å²) in [4.78, 5) is 0. The molecule has 0 spiro atoms. The molecule has 0 aliphatic heterocycles. The molecule has 0 aromatic rings. The van der Waals surface area contributed by atoms with Crippen LogP contribution in [0.2, 0.25) is 6.82 Å². The molecular formula is C2H7B2I. The third kappa shape index (κ3) is 4.86. The van der Waals surface area contributed by atoms with Gasteiger partial charge in [-0.1, -0.05) is 29.4 Å². The molecule has 0 radical (unpaired) electrons. The van der Waals surface area contributed by atoms with Gasteiger partial charge in [-0.15, -0.1) is 0 Å². The van der Waals surface area contributed by atoms with Gasteiger partial charge in [0.15, 0.2) is 0 Å². The van der Waals surface area contributed by atoms with Crippen LogP contribution in [0.3, 0.4) is 0 Å². The Labute approximate surface area is 48.3 Å². The molecule has 0 aliphatic carbocycles. The smallest absolute Gasteiger partial charge is 0.0965 e. The molecule has 0 N–H and O–H groups in total. The fraction of sp³-hybridized carbons (Fsp3) is 1.00. The molecule has 3 heteroatoms. The highest BCUT2D eigenvalue weighted by molar-refractivity contribution is 14.1. The third-order valence-electron chi connectivity index (χ3n) is 0.487. The summed E-state index contributed by atoms with van der Waals surface area (Å²) in [5.74, 6) is 0. The molecule has 0 nitrogen and oxygen atoms in total. The van der Waals surface area contributed by atoms with Crippen LogP contribution in [0.1, 0.15) is 0 Å². The molecule has 0 unspecified atom stereocenters. The molecule has 5 heavy (non-hydrogen) atoms. The monoisotopic (exact) mass is 180 g/mol. The molecule has 0 amide bonds. The van der Waals surface area contributed by atoms with Gasteiger partial charge in [-0.3, -0.25) is 0 Å². The lowest BCUT2D eigenvalue weighted by Crippen LogP contribution is -1.97. The Morgan fingerprint density at radius 1 is 1.80 bits per heavy atom. The SMILES string of the molecule is CBBCI. The summed E-state index contributed by atoms with van der Waals surface area (Å²) in [6.45, 7) is 2.21. The normalized spacial score (nSPS) is 6.80. The zero-order valence-electron chi connectivity index (χ0n) is 3.50. The molecule has 0 aromatic carbocycles. The van der Waals surface area contributed by atoms with Crippen molar-refractivity contribution in [2.45, 2.75) is 6.82 Å². The lowest BCUT2D eigenvalue weighted by molar-refractivity contribution is 2.28. The summed E-state index contributed by atoms with van der Waals surface area (Å²) in [7, 11) is 2.71. The van der Waals surface area contributed by atoms with Crippen LogP contribution in [-0.2, 0) is 0 Å². The molecule has 28 valence electrons. The van der Waals surface area contributed by atoms with Crippen LogP contribution in [0.15, 0.2) is 0 Å². The number of hydrogen-bond acceptors (Lipinski definition) is 0. The Hall–Kier alpha value is 0.860. The van der Waals surface area contributed by atoms with E-state index in [0.717, 1.165) is 0 Å². The molecule has 0 bridgehead atoms. The zero-order valence-corrected chi connectivity index (χ0v) is 5.66. The largest absolute Gasteiger partial charge is 0.0985 e. The highest BCUT2D eigenvalue weighted by atomic mass is 127. The van der Waals surface area contributed by atoms with Gasteiger partial charge in [0.1, 0.15) is 0 Å². The number of rotatable bonds is 2. The second kappa shape index (κ2) is 4.86. The van der Waals surface area contributed by atoms with Crippen LogP contribution >= 0.6 is 22.6 Å². The van der Waals surface area contributed by atoms with Crippen molar-refractivity contribution < 1.29 is 0 Å². The van der Waals surface area contributed by atoms with Gasteiger partial charge in [0.25, 0.3) is 0 Å². The van der Waals surface area contributed by atoms with Gasteiger partial charge < -0.3 is 0 Å². The molecule has 0 aromatic heterocycles. The molecular weight excluding hydrogens is 173 g/mol. The summed E-state index contributed by atoms with van der Waals surface area (Å²) >= 11 is 2.39. The van der Waals surface area contributed by atoms with Crippen molar-refractivity contribution in [2.24, 2.45) is 0 Å². The number of halogens is 1. The van der Waals surface area contributed by atoms with E-state index in [1.807, 2.05) is 0 Å². The highest BCUT2D eigenvalue weighted by Crippen LogP contribution is 1.72. The third-order valence-corrected chi connectivity index (χ3v) is 1.25. The van der Waals surface area contributed by atoms with Gasteiger partial charge in [-0.05, 0) is 4.33 Å². The van der Waals surface area contributed by atoms with E-state index in [-0.39, 0.29) is 0 Å². The van der Waals surface area contributed by atoms with E-state index in [1.54, 1.807) is 0 Å². The molecule has 0 heterocycles. The van der Waals surface area contributed by atoms with Gasteiger partial charge in [0.2, 0.25) is 0 Å². The van der Waals surface area contributed by atoms with Crippen molar-refractivity contribution in [2.75, 3.05) is 4.33 Å². The molecule has 0 saturated heterocycles. The first-order valence-electron chi connectivity index (χ1n) is 1.97. The van der Waals surface area contributed by atoms with E-state index in [4.69, 9.17) is 0 Å². The maximum atomic E-state index is 2.39. The Kier molecular flexibility index (Phi) is 5.70. The quantitative estimate of drug-likeness (QED) is 0.323. The number of hydrogen-bond donors (Lipinski definition) is 0. The Bertz CT molecular complexity index is 15.1. The van der Waals surface area contributed by atoms with Crippen LogP contribution in [0.5, 0.6) is 0 Å². The summed E-state index contributed by atoms with van der Waals surface area (Å²) < 4.78 is 1.31. The molecule has 0 rings (SSSR count). The minimum Gasteiger partial charge on any atom is -0.0965 e. The minimum atomic E-state index is 1.31. The van der Waals surface area contributed by atoms with Gasteiger partial charge in [0, 0.05) is 0 Å². The molecule has 0 saturated carbocycles. The van der Waals surface area contributed by atoms with E-state index in [2.05, 4.69) is 29.4 Å². The van der Waals surface area contributed by atoms with Gasteiger partial charge >= 0.3 is 0 Å². The van der Waals surface area contributed by atoms with Gasteiger partial charge in [0.05, 0.1) is 14.3 Å². The predicted molar refractivity (Wildman–Crippen MR) is 39.0 cm³/mol. The second-order valence-electron chi connectivity index (χ2n) is 1.04. The Balaban J connectivity index is 2.19. The van der Waals surface area contributed by atoms with Crippen LogP contribution in [0.4, 0.5) is 0 Å². The first-order valence-corrected chi connectivity index (χ1v) is 3.50. The van der Waals surface area contributed by atoms with Crippen molar-refractivity contribution in [3.8, 4) is 0 Å².